The highest BCUT2D eigenvalue weighted by atomic mass is 16.5. The second-order valence-electron chi connectivity index (χ2n) is 5.91. The molecule has 0 amide bonds. The Hall–Kier alpha value is -1.12. The first kappa shape index (κ1) is 15.3. The van der Waals surface area contributed by atoms with Gasteiger partial charge in [0.15, 0.2) is 0 Å². The molecule has 2 rings (SSSR count). The van der Waals surface area contributed by atoms with Crippen LogP contribution in [0.5, 0.6) is 0 Å². The molecule has 0 saturated carbocycles. The molecule has 1 heterocycles. The van der Waals surface area contributed by atoms with Crippen molar-refractivity contribution in [2.75, 3.05) is 19.8 Å². The van der Waals surface area contributed by atoms with Crippen molar-refractivity contribution in [2.24, 2.45) is 0 Å². The van der Waals surface area contributed by atoms with Crippen molar-refractivity contribution < 1.29 is 4.74 Å². The zero-order valence-electron chi connectivity index (χ0n) is 12.8. The largest absolute Gasteiger partial charge is 0.381 e. The van der Waals surface area contributed by atoms with Crippen LogP contribution in [-0.4, -0.2) is 25.8 Å². The standard InChI is InChI=1S/C18H27NO/c1-4-19-17(14-15(2)3)18(10-12-20-13-11-18)16-8-6-5-7-9-16/h5-9,17,19H,2,4,10-14H2,1,3H3. The molecule has 0 aliphatic carbocycles. The van der Waals surface area contributed by atoms with Gasteiger partial charge in [0.05, 0.1) is 0 Å². The highest BCUT2D eigenvalue weighted by molar-refractivity contribution is 5.29. The SMILES string of the molecule is C=C(C)CC(NCC)C1(c2ccccc2)CCOCC1. The van der Waals surface area contributed by atoms with Gasteiger partial charge in [0, 0.05) is 24.7 Å². The quantitative estimate of drug-likeness (QED) is 0.798. The van der Waals surface area contributed by atoms with Gasteiger partial charge in [-0.3, -0.25) is 0 Å². The third-order valence-corrected chi connectivity index (χ3v) is 4.40. The number of hydrogen-bond donors (Lipinski definition) is 1. The molecule has 1 aromatic carbocycles. The van der Waals surface area contributed by atoms with Crippen LogP contribution in [0, 0.1) is 0 Å². The van der Waals surface area contributed by atoms with E-state index in [9.17, 15) is 0 Å². The molecule has 1 fully saturated rings. The normalized spacial score (nSPS) is 19.5. The topological polar surface area (TPSA) is 21.3 Å². The van der Waals surface area contributed by atoms with Crippen molar-refractivity contribution in [2.45, 2.75) is 44.6 Å². The summed E-state index contributed by atoms with van der Waals surface area (Å²) >= 11 is 0. The van der Waals surface area contributed by atoms with Crippen molar-refractivity contribution in [3.63, 3.8) is 0 Å². The molecular formula is C18H27NO. The Labute approximate surface area is 123 Å². The van der Waals surface area contributed by atoms with Gasteiger partial charge >= 0.3 is 0 Å². The fraction of sp³-hybridized carbons (Fsp3) is 0.556. The molecule has 110 valence electrons. The van der Waals surface area contributed by atoms with E-state index in [0.29, 0.717) is 6.04 Å². The number of hydrogen-bond acceptors (Lipinski definition) is 2. The molecule has 0 spiro atoms. The number of benzene rings is 1. The van der Waals surface area contributed by atoms with E-state index in [1.54, 1.807) is 0 Å². The minimum Gasteiger partial charge on any atom is -0.381 e. The van der Waals surface area contributed by atoms with Gasteiger partial charge < -0.3 is 10.1 Å². The van der Waals surface area contributed by atoms with Gasteiger partial charge in [-0.15, -0.1) is 6.58 Å². The molecule has 0 radical (unpaired) electrons. The van der Waals surface area contributed by atoms with Gasteiger partial charge in [0.2, 0.25) is 0 Å². The van der Waals surface area contributed by atoms with Crippen LogP contribution in [-0.2, 0) is 10.2 Å². The maximum Gasteiger partial charge on any atom is 0.0475 e. The Balaban J connectivity index is 2.36. The van der Waals surface area contributed by atoms with Crippen LogP contribution < -0.4 is 5.32 Å². The smallest absolute Gasteiger partial charge is 0.0475 e. The second kappa shape index (κ2) is 7.05. The maximum atomic E-state index is 5.63. The Bertz CT molecular complexity index is 420. The van der Waals surface area contributed by atoms with Crippen molar-refractivity contribution in [3.05, 3.63) is 48.0 Å². The molecule has 1 saturated heterocycles. The monoisotopic (exact) mass is 273 g/mol. The van der Waals surface area contributed by atoms with Crippen molar-refractivity contribution in [1.29, 1.82) is 0 Å². The maximum absolute atomic E-state index is 5.63. The molecule has 2 nitrogen and oxygen atoms in total. The Morgan fingerprint density at radius 3 is 2.50 bits per heavy atom. The third-order valence-electron chi connectivity index (χ3n) is 4.40. The van der Waals surface area contributed by atoms with Gasteiger partial charge in [-0.1, -0.05) is 42.8 Å². The summed E-state index contributed by atoms with van der Waals surface area (Å²) in [5, 5.41) is 3.71. The van der Waals surface area contributed by atoms with Crippen LogP contribution in [0.1, 0.15) is 38.7 Å². The van der Waals surface area contributed by atoms with Crippen LogP contribution in [0.4, 0.5) is 0 Å². The highest BCUT2D eigenvalue weighted by Gasteiger charge is 2.41. The summed E-state index contributed by atoms with van der Waals surface area (Å²) < 4.78 is 5.63. The Kier molecular flexibility index (Phi) is 5.38. The first-order valence-electron chi connectivity index (χ1n) is 7.70. The van der Waals surface area contributed by atoms with Gasteiger partial charge in [0.1, 0.15) is 0 Å². The van der Waals surface area contributed by atoms with Crippen molar-refractivity contribution >= 4 is 0 Å². The van der Waals surface area contributed by atoms with E-state index in [1.165, 1.54) is 11.1 Å². The molecule has 0 bridgehead atoms. The molecule has 1 aliphatic heterocycles. The lowest BCUT2D eigenvalue weighted by Gasteiger charge is -2.44. The molecule has 1 N–H and O–H groups in total. The van der Waals surface area contributed by atoms with E-state index in [-0.39, 0.29) is 5.41 Å². The van der Waals surface area contributed by atoms with E-state index >= 15 is 0 Å². The Morgan fingerprint density at radius 2 is 1.95 bits per heavy atom. The average molecular weight is 273 g/mol. The van der Waals surface area contributed by atoms with E-state index in [2.05, 4.69) is 56.1 Å². The van der Waals surface area contributed by atoms with Crippen LogP contribution in [0.25, 0.3) is 0 Å². The van der Waals surface area contributed by atoms with Crippen LogP contribution in [0.15, 0.2) is 42.5 Å². The zero-order chi connectivity index (χ0) is 14.4. The van der Waals surface area contributed by atoms with E-state index in [4.69, 9.17) is 4.74 Å². The summed E-state index contributed by atoms with van der Waals surface area (Å²) in [6.45, 7) is 11.1. The number of rotatable bonds is 6. The zero-order valence-corrected chi connectivity index (χ0v) is 12.8. The molecule has 2 heteroatoms. The predicted molar refractivity (Wildman–Crippen MR) is 85.1 cm³/mol. The van der Waals surface area contributed by atoms with Gasteiger partial charge in [-0.05, 0) is 38.3 Å². The van der Waals surface area contributed by atoms with E-state index in [1.807, 2.05) is 0 Å². The predicted octanol–water partition coefficient (Wildman–Crippen LogP) is 3.68. The first-order valence-corrected chi connectivity index (χ1v) is 7.70. The third kappa shape index (κ3) is 3.31. The molecule has 1 aromatic rings. The molecule has 1 aliphatic rings. The van der Waals surface area contributed by atoms with Crippen LogP contribution in [0.3, 0.4) is 0 Å². The van der Waals surface area contributed by atoms with Crippen LogP contribution >= 0.6 is 0 Å². The summed E-state index contributed by atoms with van der Waals surface area (Å²) in [5.41, 5.74) is 2.86. The molecule has 0 aromatic heterocycles. The van der Waals surface area contributed by atoms with Crippen molar-refractivity contribution in [3.8, 4) is 0 Å². The number of nitrogens with one attached hydrogen (secondary N) is 1. The summed E-state index contributed by atoms with van der Waals surface area (Å²) in [4.78, 5) is 0. The summed E-state index contributed by atoms with van der Waals surface area (Å²) in [7, 11) is 0. The minimum atomic E-state index is 0.175. The fourth-order valence-corrected chi connectivity index (χ4v) is 3.40. The second-order valence-corrected chi connectivity index (χ2v) is 5.91. The summed E-state index contributed by atoms with van der Waals surface area (Å²) in [6, 6.07) is 11.4. The average Bonchev–Trinajstić information content (AvgIpc) is 2.48. The highest BCUT2D eigenvalue weighted by Crippen LogP contribution is 2.40. The van der Waals surface area contributed by atoms with Gasteiger partial charge in [0.25, 0.3) is 0 Å². The Morgan fingerprint density at radius 1 is 1.30 bits per heavy atom. The van der Waals surface area contributed by atoms with E-state index in [0.717, 1.165) is 39.0 Å². The molecular weight excluding hydrogens is 246 g/mol. The van der Waals surface area contributed by atoms with E-state index < -0.39 is 0 Å². The molecule has 1 unspecified atom stereocenters. The number of likely N-dealkylation sites (N-methyl/N-ethyl adjacent to an activating group) is 1. The summed E-state index contributed by atoms with van der Waals surface area (Å²) in [6.07, 6.45) is 3.20. The molecule has 20 heavy (non-hydrogen) atoms. The lowest BCUT2D eigenvalue weighted by atomic mass is 9.67. The van der Waals surface area contributed by atoms with Gasteiger partial charge in [-0.25, -0.2) is 0 Å². The number of ether oxygens (including phenoxy) is 1. The van der Waals surface area contributed by atoms with Crippen molar-refractivity contribution in [1.82, 2.24) is 5.32 Å². The lowest BCUT2D eigenvalue weighted by molar-refractivity contribution is 0.0346. The molecule has 1 atom stereocenters. The fourth-order valence-electron chi connectivity index (χ4n) is 3.40. The minimum absolute atomic E-state index is 0.175. The lowest BCUT2D eigenvalue weighted by Crippen LogP contribution is -2.51. The van der Waals surface area contributed by atoms with Gasteiger partial charge in [-0.2, -0.15) is 0 Å². The summed E-state index contributed by atoms with van der Waals surface area (Å²) in [5.74, 6) is 0. The van der Waals surface area contributed by atoms with Crippen LogP contribution in [0.2, 0.25) is 0 Å². The first-order chi connectivity index (χ1) is 9.69.